The van der Waals surface area contributed by atoms with Gasteiger partial charge in [-0.15, -0.1) is 0 Å². The van der Waals surface area contributed by atoms with Crippen molar-refractivity contribution >= 4 is 0 Å². The predicted molar refractivity (Wildman–Crippen MR) is 62.1 cm³/mol. The fourth-order valence-corrected chi connectivity index (χ4v) is 1.30. The lowest BCUT2D eigenvalue weighted by atomic mass is 10.2. The van der Waals surface area contributed by atoms with Gasteiger partial charge in [0.1, 0.15) is 5.75 Å². The van der Waals surface area contributed by atoms with Gasteiger partial charge in [0.05, 0.1) is 6.10 Å². The molecule has 15 heavy (non-hydrogen) atoms. The van der Waals surface area contributed by atoms with Crippen molar-refractivity contribution in [3.63, 3.8) is 0 Å². The molecule has 0 aliphatic heterocycles. The molecule has 0 saturated carbocycles. The summed E-state index contributed by atoms with van der Waals surface area (Å²) in [6.07, 6.45) is 3.14. The molecule has 0 bridgehead atoms. The van der Waals surface area contributed by atoms with Crippen LogP contribution in [0.4, 0.5) is 0 Å². The zero-order valence-electron chi connectivity index (χ0n) is 10.0. The Labute approximate surface area is 91.9 Å². The highest BCUT2D eigenvalue weighted by atomic mass is 16.5. The van der Waals surface area contributed by atoms with Crippen LogP contribution in [-0.4, -0.2) is 18.1 Å². The second-order valence-electron chi connectivity index (χ2n) is 3.80. The Morgan fingerprint density at radius 1 is 1.53 bits per heavy atom. The van der Waals surface area contributed by atoms with Gasteiger partial charge in [-0.05, 0) is 27.3 Å². The molecule has 0 fully saturated rings. The van der Waals surface area contributed by atoms with E-state index in [4.69, 9.17) is 4.74 Å². The van der Waals surface area contributed by atoms with Gasteiger partial charge < -0.3 is 10.1 Å². The van der Waals surface area contributed by atoms with Crippen molar-refractivity contribution in [2.24, 2.45) is 0 Å². The van der Waals surface area contributed by atoms with Gasteiger partial charge in [-0.25, -0.2) is 0 Å². The molecule has 1 aromatic heterocycles. The van der Waals surface area contributed by atoms with Crippen LogP contribution in [0, 0.1) is 6.92 Å². The Hall–Kier alpha value is -1.09. The van der Waals surface area contributed by atoms with Gasteiger partial charge in [0.2, 0.25) is 0 Å². The summed E-state index contributed by atoms with van der Waals surface area (Å²) in [6, 6.07) is 2.00. The molecule has 0 aliphatic rings. The van der Waals surface area contributed by atoms with E-state index < -0.39 is 0 Å². The topological polar surface area (TPSA) is 34.1 Å². The van der Waals surface area contributed by atoms with E-state index in [1.165, 1.54) is 0 Å². The third-order valence-electron chi connectivity index (χ3n) is 2.35. The molecule has 0 amide bonds. The van der Waals surface area contributed by atoms with Gasteiger partial charge in [0, 0.05) is 30.1 Å². The van der Waals surface area contributed by atoms with Crippen molar-refractivity contribution in [2.75, 3.05) is 7.05 Å². The largest absolute Gasteiger partial charge is 0.490 e. The molecule has 84 valence electrons. The normalized spacial score (nSPS) is 12.5. The Morgan fingerprint density at radius 2 is 2.27 bits per heavy atom. The number of aryl methyl sites for hydroxylation is 1. The number of pyridine rings is 1. The maximum atomic E-state index is 5.85. The lowest BCUT2D eigenvalue weighted by Gasteiger charge is -2.16. The number of nitrogens with one attached hydrogen (secondary N) is 1. The Kier molecular flexibility index (Phi) is 4.56. The zero-order chi connectivity index (χ0) is 11.3. The molecule has 1 N–H and O–H groups in total. The highest BCUT2D eigenvalue weighted by molar-refractivity contribution is 5.32. The van der Waals surface area contributed by atoms with E-state index in [1.54, 1.807) is 0 Å². The smallest absolute Gasteiger partial charge is 0.127 e. The van der Waals surface area contributed by atoms with Crippen LogP contribution in [0.25, 0.3) is 0 Å². The van der Waals surface area contributed by atoms with Crippen molar-refractivity contribution in [3.05, 3.63) is 23.5 Å². The highest BCUT2D eigenvalue weighted by Crippen LogP contribution is 2.20. The first-order chi connectivity index (χ1) is 7.17. The first-order valence-electron chi connectivity index (χ1n) is 5.44. The maximum Gasteiger partial charge on any atom is 0.127 e. The summed E-state index contributed by atoms with van der Waals surface area (Å²) < 4.78 is 5.85. The monoisotopic (exact) mass is 208 g/mol. The Balaban J connectivity index is 2.86. The van der Waals surface area contributed by atoms with Crippen LogP contribution in [0.15, 0.2) is 12.3 Å². The van der Waals surface area contributed by atoms with Crippen molar-refractivity contribution in [1.29, 1.82) is 0 Å². The van der Waals surface area contributed by atoms with E-state index in [9.17, 15) is 0 Å². The molecular formula is C12H20N2O. The van der Waals surface area contributed by atoms with Crippen molar-refractivity contribution in [2.45, 2.75) is 39.8 Å². The summed E-state index contributed by atoms with van der Waals surface area (Å²) in [7, 11) is 1.92. The molecule has 0 aromatic carbocycles. The van der Waals surface area contributed by atoms with Crippen LogP contribution < -0.4 is 10.1 Å². The zero-order valence-corrected chi connectivity index (χ0v) is 10.0. The highest BCUT2D eigenvalue weighted by Gasteiger charge is 2.07. The minimum absolute atomic E-state index is 0.252. The SMILES string of the molecule is CCC(C)Oc1cc(C)ncc1CNC. The number of hydrogen-bond donors (Lipinski definition) is 1. The number of rotatable bonds is 5. The van der Waals surface area contributed by atoms with Gasteiger partial charge in [-0.1, -0.05) is 6.92 Å². The van der Waals surface area contributed by atoms with E-state index in [1.807, 2.05) is 26.2 Å². The standard InChI is InChI=1S/C12H20N2O/c1-5-10(3)15-12-6-9(2)14-8-11(12)7-13-4/h6,8,10,13H,5,7H2,1-4H3. The average Bonchev–Trinajstić information content (AvgIpc) is 2.22. The summed E-state index contributed by atoms with van der Waals surface area (Å²) >= 11 is 0. The van der Waals surface area contributed by atoms with Crippen molar-refractivity contribution in [3.8, 4) is 5.75 Å². The summed E-state index contributed by atoms with van der Waals surface area (Å²) in [5.74, 6) is 0.950. The molecule has 1 aromatic rings. The van der Waals surface area contributed by atoms with Crippen molar-refractivity contribution in [1.82, 2.24) is 10.3 Å². The van der Waals surface area contributed by atoms with Crippen LogP contribution >= 0.6 is 0 Å². The van der Waals surface area contributed by atoms with Gasteiger partial charge in [0.15, 0.2) is 0 Å². The average molecular weight is 208 g/mol. The third-order valence-corrected chi connectivity index (χ3v) is 2.35. The van der Waals surface area contributed by atoms with E-state index in [0.717, 1.165) is 30.0 Å². The maximum absolute atomic E-state index is 5.85. The first-order valence-corrected chi connectivity index (χ1v) is 5.44. The van der Waals surface area contributed by atoms with Gasteiger partial charge in [-0.3, -0.25) is 4.98 Å². The van der Waals surface area contributed by atoms with Crippen molar-refractivity contribution < 1.29 is 4.74 Å². The minimum Gasteiger partial charge on any atom is -0.490 e. The number of ether oxygens (including phenoxy) is 1. The molecule has 1 unspecified atom stereocenters. The molecule has 0 spiro atoms. The first kappa shape index (κ1) is 12.0. The number of aromatic nitrogens is 1. The summed E-state index contributed by atoms with van der Waals surface area (Å²) in [5.41, 5.74) is 2.11. The second-order valence-corrected chi connectivity index (χ2v) is 3.80. The lowest BCUT2D eigenvalue weighted by Crippen LogP contribution is -2.14. The molecular weight excluding hydrogens is 188 g/mol. The molecule has 1 heterocycles. The van der Waals surface area contributed by atoms with Crippen LogP contribution in [0.5, 0.6) is 5.75 Å². The van der Waals surface area contributed by atoms with Gasteiger partial charge in [-0.2, -0.15) is 0 Å². The molecule has 0 radical (unpaired) electrons. The summed E-state index contributed by atoms with van der Waals surface area (Å²) in [6.45, 7) is 6.97. The van der Waals surface area contributed by atoms with Gasteiger partial charge in [0.25, 0.3) is 0 Å². The van der Waals surface area contributed by atoms with E-state index in [-0.39, 0.29) is 6.10 Å². The predicted octanol–water partition coefficient (Wildman–Crippen LogP) is 2.29. The van der Waals surface area contributed by atoms with Crippen LogP contribution in [-0.2, 0) is 6.54 Å². The number of hydrogen-bond acceptors (Lipinski definition) is 3. The molecule has 3 heteroatoms. The molecule has 1 atom stereocenters. The molecule has 0 aliphatic carbocycles. The molecule has 1 rings (SSSR count). The quantitative estimate of drug-likeness (QED) is 0.806. The summed E-state index contributed by atoms with van der Waals surface area (Å²) in [5, 5.41) is 3.12. The third kappa shape index (κ3) is 3.51. The van der Waals surface area contributed by atoms with Crippen LogP contribution in [0.3, 0.4) is 0 Å². The fourth-order valence-electron chi connectivity index (χ4n) is 1.30. The molecule has 3 nitrogen and oxygen atoms in total. The Morgan fingerprint density at radius 3 is 2.87 bits per heavy atom. The van der Waals surface area contributed by atoms with E-state index in [2.05, 4.69) is 24.1 Å². The number of nitrogens with zero attached hydrogens (tertiary/aromatic N) is 1. The molecule has 0 saturated heterocycles. The summed E-state index contributed by atoms with van der Waals surface area (Å²) in [4.78, 5) is 4.27. The van der Waals surface area contributed by atoms with Crippen LogP contribution in [0.2, 0.25) is 0 Å². The lowest BCUT2D eigenvalue weighted by molar-refractivity contribution is 0.214. The van der Waals surface area contributed by atoms with E-state index >= 15 is 0 Å². The second kappa shape index (κ2) is 5.71. The minimum atomic E-state index is 0.252. The van der Waals surface area contributed by atoms with Crippen LogP contribution in [0.1, 0.15) is 31.5 Å². The Bertz CT molecular complexity index is 312. The van der Waals surface area contributed by atoms with Gasteiger partial charge >= 0.3 is 0 Å². The fraction of sp³-hybridized carbons (Fsp3) is 0.583. The van der Waals surface area contributed by atoms with E-state index in [0.29, 0.717) is 0 Å².